The smallest absolute Gasteiger partial charge is 0.451 e. The number of nitrogens with two attached hydrogens (primary N) is 1. The van der Waals surface area contributed by atoms with E-state index in [9.17, 15) is 9.90 Å². The Morgan fingerprint density at radius 1 is 1.19 bits per heavy atom. The third kappa shape index (κ3) is 10.8. The van der Waals surface area contributed by atoms with Crippen molar-refractivity contribution in [1.29, 1.82) is 0 Å². The zero-order valence-corrected chi connectivity index (χ0v) is 17.5. The van der Waals surface area contributed by atoms with Gasteiger partial charge in [-0.3, -0.25) is 4.79 Å². The summed E-state index contributed by atoms with van der Waals surface area (Å²) in [6.07, 6.45) is 1.95. The van der Waals surface area contributed by atoms with E-state index in [1.807, 2.05) is 36.2 Å². The number of hydrogen-bond donors (Lipinski definition) is 4. The van der Waals surface area contributed by atoms with E-state index >= 15 is 0 Å². The molecule has 10 heteroatoms. The molecule has 0 aliphatic carbocycles. The number of carboxylic acids is 1. The minimum Gasteiger partial charge on any atom is -0.497 e. The van der Waals surface area contributed by atoms with Gasteiger partial charge in [-0.25, -0.2) is 0 Å². The summed E-state index contributed by atoms with van der Waals surface area (Å²) in [6, 6.07) is 7.73. The molecular weight excluding hydrogens is 394 g/mol. The van der Waals surface area contributed by atoms with Gasteiger partial charge in [0.15, 0.2) is 0 Å². The second-order valence-electron chi connectivity index (χ2n) is 6.52. The van der Waals surface area contributed by atoms with Gasteiger partial charge < -0.3 is 30.5 Å². The Kier molecular flexibility index (Phi) is 14.7. The molecule has 1 aromatic rings. The maximum Gasteiger partial charge on any atom is 0.451 e. The average Bonchev–Trinajstić information content (AvgIpc) is 2.57. The highest BCUT2D eigenvalue weighted by atomic mass is 35.5. The monoisotopic (exact) mass is 424 g/mol. The Morgan fingerprint density at radius 3 is 2.26 bits per heavy atom. The van der Waals surface area contributed by atoms with Crippen LogP contribution in [0.15, 0.2) is 24.3 Å². The molecule has 1 atom stereocenters. The highest BCUT2D eigenvalue weighted by Crippen LogP contribution is 2.19. The van der Waals surface area contributed by atoms with Gasteiger partial charge in [0.25, 0.3) is 0 Å². The fraction of sp³-hybridized carbons (Fsp3) is 0.588. The van der Waals surface area contributed by atoms with Gasteiger partial charge in [0.05, 0.1) is 7.11 Å². The van der Waals surface area contributed by atoms with Gasteiger partial charge in [-0.1, -0.05) is 25.0 Å². The summed E-state index contributed by atoms with van der Waals surface area (Å²) in [5.74, 6) is -0.221. The van der Waals surface area contributed by atoms with Crippen molar-refractivity contribution in [3.63, 3.8) is 0 Å². The lowest BCUT2D eigenvalue weighted by Crippen LogP contribution is -2.49. The molecule has 0 radical (unpaired) electrons. The van der Waals surface area contributed by atoms with Crippen LogP contribution >= 0.6 is 24.8 Å². The van der Waals surface area contributed by atoms with Crippen molar-refractivity contribution in [2.75, 3.05) is 20.7 Å². The lowest BCUT2D eigenvalue weighted by atomic mass is 9.81. The van der Waals surface area contributed by atoms with Gasteiger partial charge in [0, 0.05) is 13.1 Å². The van der Waals surface area contributed by atoms with Crippen LogP contribution in [0.3, 0.4) is 0 Å². The number of methoxy groups -OCH3 is 1. The molecule has 0 heterocycles. The van der Waals surface area contributed by atoms with Crippen molar-refractivity contribution in [3.05, 3.63) is 29.8 Å². The number of ether oxygens (including phenoxy) is 1. The molecule has 27 heavy (non-hydrogen) atoms. The fourth-order valence-electron chi connectivity index (χ4n) is 2.62. The summed E-state index contributed by atoms with van der Waals surface area (Å²) in [7, 11) is 2.19. The van der Waals surface area contributed by atoms with E-state index in [1.54, 1.807) is 7.11 Å². The normalized spacial score (nSPS) is 12.5. The van der Waals surface area contributed by atoms with Crippen LogP contribution in [-0.2, 0) is 11.3 Å². The molecule has 0 saturated carbocycles. The Morgan fingerprint density at radius 2 is 1.78 bits per heavy atom. The van der Waals surface area contributed by atoms with Gasteiger partial charge in [0.1, 0.15) is 11.3 Å². The van der Waals surface area contributed by atoms with Crippen molar-refractivity contribution in [2.24, 2.45) is 5.73 Å². The van der Waals surface area contributed by atoms with Gasteiger partial charge in [-0.05, 0) is 43.9 Å². The van der Waals surface area contributed by atoms with Crippen LogP contribution < -0.4 is 10.5 Å². The molecule has 0 aromatic heterocycles. The molecule has 0 spiro atoms. The maximum absolute atomic E-state index is 11.5. The third-order valence-corrected chi connectivity index (χ3v) is 4.31. The second-order valence-corrected chi connectivity index (χ2v) is 6.52. The Balaban J connectivity index is 0. The number of benzene rings is 1. The number of hydrogen-bond acceptors (Lipinski definition) is 6. The molecule has 0 amide bonds. The lowest BCUT2D eigenvalue weighted by molar-refractivity contribution is -0.144. The summed E-state index contributed by atoms with van der Waals surface area (Å²) >= 11 is 0. The van der Waals surface area contributed by atoms with E-state index in [2.05, 4.69) is 0 Å². The molecule has 0 fully saturated rings. The first kappa shape index (κ1) is 28.2. The van der Waals surface area contributed by atoms with Crippen molar-refractivity contribution in [1.82, 2.24) is 4.90 Å². The Bertz CT molecular complexity index is 537. The second kappa shape index (κ2) is 14.0. The van der Waals surface area contributed by atoms with Gasteiger partial charge >= 0.3 is 13.1 Å². The van der Waals surface area contributed by atoms with Gasteiger partial charge in [-0.2, -0.15) is 0 Å². The van der Waals surface area contributed by atoms with Crippen LogP contribution in [0.2, 0.25) is 6.32 Å². The van der Waals surface area contributed by atoms with E-state index in [-0.39, 0.29) is 31.1 Å². The summed E-state index contributed by atoms with van der Waals surface area (Å²) in [4.78, 5) is 13.6. The number of aliphatic carboxylic acids is 1. The summed E-state index contributed by atoms with van der Waals surface area (Å²) in [5.41, 5.74) is 5.88. The molecule has 5 N–H and O–H groups in total. The zero-order chi connectivity index (χ0) is 18.9. The zero-order valence-electron chi connectivity index (χ0n) is 15.8. The quantitative estimate of drug-likeness (QED) is 0.298. The van der Waals surface area contributed by atoms with Crippen LogP contribution in [0.5, 0.6) is 5.75 Å². The van der Waals surface area contributed by atoms with Crippen molar-refractivity contribution in [2.45, 2.75) is 44.1 Å². The molecule has 0 bridgehead atoms. The van der Waals surface area contributed by atoms with Crippen LogP contribution in [0.25, 0.3) is 0 Å². The van der Waals surface area contributed by atoms with Crippen LogP contribution in [-0.4, -0.2) is 59.4 Å². The van der Waals surface area contributed by atoms with E-state index < -0.39 is 18.6 Å². The largest absolute Gasteiger partial charge is 0.497 e. The van der Waals surface area contributed by atoms with Gasteiger partial charge in [0.2, 0.25) is 0 Å². The number of unbranched alkanes of at least 4 members (excludes halogenated alkanes) is 1. The number of carbonyl (C=O) groups is 1. The molecular formula is C17H31BCl2N2O5. The molecule has 1 unspecified atom stereocenters. The predicted molar refractivity (Wildman–Crippen MR) is 112 cm³/mol. The number of nitrogens with zero attached hydrogens (tertiary/aromatic N) is 1. The fourth-order valence-corrected chi connectivity index (χ4v) is 2.62. The topological polar surface area (TPSA) is 116 Å². The first-order valence-electron chi connectivity index (χ1n) is 8.47. The molecule has 7 nitrogen and oxygen atoms in total. The van der Waals surface area contributed by atoms with Crippen molar-refractivity contribution in [3.8, 4) is 5.75 Å². The van der Waals surface area contributed by atoms with E-state index in [1.165, 1.54) is 0 Å². The van der Waals surface area contributed by atoms with Gasteiger partial charge in [-0.15, -0.1) is 24.8 Å². The SMILES string of the molecule is COc1ccc(CN(C)CCC(N)(CCCCB(O)O)C(=O)O)cc1.Cl.Cl. The Labute approximate surface area is 173 Å². The third-order valence-electron chi connectivity index (χ3n) is 4.31. The first-order chi connectivity index (χ1) is 11.8. The number of carboxylic acid groups (broad SMARTS) is 1. The minimum atomic E-state index is -1.35. The van der Waals surface area contributed by atoms with Crippen molar-refractivity contribution < 1.29 is 24.7 Å². The first-order valence-corrected chi connectivity index (χ1v) is 8.47. The minimum absolute atomic E-state index is 0. The molecule has 1 aromatic carbocycles. The van der Waals surface area contributed by atoms with E-state index in [0.29, 0.717) is 38.8 Å². The highest BCUT2D eigenvalue weighted by molar-refractivity contribution is 6.40. The maximum atomic E-state index is 11.5. The van der Waals surface area contributed by atoms with E-state index in [4.69, 9.17) is 20.5 Å². The summed E-state index contributed by atoms with van der Waals surface area (Å²) < 4.78 is 5.13. The predicted octanol–water partition coefficient (Wildman–Crippen LogP) is 1.79. The van der Waals surface area contributed by atoms with Crippen LogP contribution in [0, 0.1) is 0 Å². The van der Waals surface area contributed by atoms with E-state index in [0.717, 1.165) is 11.3 Å². The highest BCUT2D eigenvalue weighted by Gasteiger charge is 2.33. The summed E-state index contributed by atoms with van der Waals surface area (Å²) in [5, 5.41) is 27.1. The Hall–Kier alpha value is -1.03. The molecule has 0 aliphatic rings. The molecule has 0 aliphatic heterocycles. The summed E-state index contributed by atoms with van der Waals surface area (Å²) in [6.45, 7) is 1.24. The molecule has 156 valence electrons. The number of halogens is 2. The lowest BCUT2D eigenvalue weighted by Gasteiger charge is -2.27. The van der Waals surface area contributed by atoms with Crippen molar-refractivity contribution >= 4 is 37.9 Å². The molecule has 0 saturated heterocycles. The van der Waals surface area contributed by atoms with Crippen LogP contribution in [0.1, 0.15) is 31.2 Å². The average molecular weight is 425 g/mol. The standard InChI is InChI=1S/C17H29BN2O5.2ClH/c1-20(13-14-5-7-15(25-2)8-6-14)12-10-17(19,16(21)22)9-3-4-11-18(23)24;;/h5-8,23-24H,3-4,9-13,19H2,1-2H3,(H,21,22);2*1H. The van der Waals surface area contributed by atoms with Crippen LogP contribution in [0.4, 0.5) is 0 Å². The number of rotatable bonds is 12. The molecule has 1 rings (SSSR count).